The van der Waals surface area contributed by atoms with Crippen molar-refractivity contribution in [1.29, 1.82) is 0 Å². The van der Waals surface area contributed by atoms with E-state index in [0.717, 1.165) is 32.7 Å². The molecule has 0 saturated heterocycles. The Hall–Kier alpha value is -2.71. The number of hydrogen-bond acceptors (Lipinski definition) is 2. The molecule has 2 aromatic heterocycles. The molecule has 0 aliphatic carbocycles. The molecule has 0 spiro atoms. The molecule has 0 radical (unpaired) electrons. The Kier molecular flexibility index (Phi) is 4.21. The van der Waals surface area contributed by atoms with Gasteiger partial charge in [-0.15, -0.1) is 0 Å². The number of halogens is 1. The van der Waals surface area contributed by atoms with Crippen LogP contribution in [0.3, 0.4) is 0 Å². The van der Waals surface area contributed by atoms with Crippen molar-refractivity contribution in [3.05, 3.63) is 82.8 Å². The van der Waals surface area contributed by atoms with Gasteiger partial charge in [0.1, 0.15) is 0 Å². The minimum absolute atomic E-state index is 0.754. The molecule has 0 unspecified atom stereocenters. The SMILES string of the molecule is Cc1cc(-c2ccccc2Cl)c2c(C)c(-c3ccncc3)c(C)cc2n1. The number of hydrogen-bond donors (Lipinski definition) is 0. The van der Waals surface area contributed by atoms with Gasteiger partial charge in [0.25, 0.3) is 0 Å². The quantitative estimate of drug-likeness (QED) is 0.406. The van der Waals surface area contributed by atoms with Crippen molar-refractivity contribution in [3.63, 3.8) is 0 Å². The molecule has 0 saturated carbocycles. The largest absolute Gasteiger partial charge is 0.265 e. The average Bonchev–Trinajstić information content (AvgIpc) is 2.62. The summed E-state index contributed by atoms with van der Waals surface area (Å²) in [4.78, 5) is 8.94. The van der Waals surface area contributed by atoms with Crippen LogP contribution in [0, 0.1) is 20.8 Å². The third-order valence-electron chi connectivity index (χ3n) is 4.81. The number of aryl methyl sites for hydroxylation is 3. The summed E-state index contributed by atoms with van der Waals surface area (Å²) >= 11 is 6.52. The molecule has 4 rings (SSSR count). The van der Waals surface area contributed by atoms with Gasteiger partial charge in [-0.2, -0.15) is 0 Å². The minimum Gasteiger partial charge on any atom is -0.265 e. The van der Waals surface area contributed by atoms with Crippen molar-refractivity contribution >= 4 is 22.5 Å². The van der Waals surface area contributed by atoms with E-state index in [4.69, 9.17) is 16.6 Å². The van der Waals surface area contributed by atoms with E-state index in [1.54, 1.807) is 0 Å². The van der Waals surface area contributed by atoms with E-state index in [9.17, 15) is 0 Å². The Morgan fingerprint density at radius 1 is 0.846 bits per heavy atom. The highest BCUT2D eigenvalue weighted by Gasteiger charge is 2.16. The van der Waals surface area contributed by atoms with Crippen LogP contribution in [0.1, 0.15) is 16.8 Å². The van der Waals surface area contributed by atoms with Crippen molar-refractivity contribution in [1.82, 2.24) is 9.97 Å². The maximum Gasteiger partial charge on any atom is 0.0717 e. The summed E-state index contributed by atoms with van der Waals surface area (Å²) in [5.74, 6) is 0. The van der Waals surface area contributed by atoms with E-state index in [-0.39, 0.29) is 0 Å². The zero-order valence-corrected chi connectivity index (χ0v) is 15.8. The van der Waals surface area contributed by atoms with Gasteiger partial charge in [0.15, 0.2) is 0 Å². The van der Waals surface area contributed by atoms with E-state index in [2.05, 4.69) is 49.2 Å². The summed E-state index contributed by atoms with van der Waals surface area (Å²) in [7, 11) is 0. The smallest absolute Gasteiger partial charge is 0.0717 e. The monoisotopic (exact) mass is 358 g/mol. The molecule has 0 bridgehead atoms. The first kappa shape index (κ1) is 16.7. The highest BCUT2D eigenvalue weighted by Crippen LogP contribution is 2.39. The summed E-state index contributed by atoms with van der Waals surface area (Å²) in [6, 6.07) is 16.4. The van der Waals surface area contributed by atoms with Gasteiger partial charge in [-0.05, 0) is 78.9 Å². The van der Waals surface area contributed by atoms with Crippen LogP contribution in [0.15, 0.2) is 60.9 Å². The van der Waals surface area contributed by atoms with Gasteiger partial charge in [-0.1, -0.05) is 29.8 Å². The molecule has 0 aliphatic heterocycles. The lowest BCUT2D eigenvalue weighted by molar-refractivity contribution is 1.24. The molecular weight excluding hydrogens is 340 g/mol. The Balaban J connectivity index is 2.13. The van der Waals surface area contributed by atoms with Gasteiger partial charge in [0.2, 0.25) is 0 Å². The number of nitrogens with zero attached hydrogens (tertiary/aromatic N) is 2. The van der Waals surface area contributed by atoms with Gasteiger partial charge in [-0.25, -0.2) is 0 Å². The van der Waals surface area contributed by atoms with Crippen LogP contribution in [0.5, 0.6) is 0 Å². The van der Waals surface area contributed by atoms with E-state index in [0.29, 0.717) is 0 Å². The van der Waals surface area contributed by atoms with E-state index in [1.807, 2.05) is 37.5 Å². The van der Waals surface area contributed by atoms with Crippen LogP contribution < -0.4 is 0 Å². The first-order valence-electron chi connectivity index (χ1n) is 8.63. The zero-order valence-electron chi connectivity index (χ0n) is 15.0. The average molecular weight is 359 g/mol. The second-order valence-corrected chi connectivity index (χ2v) is 7.02. The van der Waals surface area contributed by atoms with Crippen LogP contribution >= 0.6 is 11.6 Å². The Morgan fingerprint density at radius 2 is 1.58 bits per heavy atom. The van der Waals surface area contributed by atoms with Crippen LogP contribution in [0.25, 0.3) is 33.2 Å². The first-order valence-corrected chi connectivity index (χ1v) is 9.01. The molecule has 2 aromatic carbocycles. The standard InChI is InChI=1S/C23H19ClN2/c1-14-12-21-23(16(3)22(14)17-8-10-25-11-9-17)19(13-15(2)26-21)18-6-4-5-7-20(18)24/h4-13H,1-3H3. The van der Waals surface area contributed by atoms with Crippen molar-refractivity contribution in [2.45, 2.75) is 20.8 Å². The molecule has 0 fully saturated rings. The molecule has 0 N–H and O–H groups in total. The fourth-order valence-corrected chi connectivity index (χ4v) is 3.99. The number of pyridine rings is 2. The highest BCUT2D eigenvalue weighted by atomic mass is 35.5. The molecule has 26 heavy (non-hydrogen) atoms. The summed E-state index contributed by atoms with van der Waals surface area (Å²) < 4.78 is 0. The molecule has 4 aromatic rings. The fraction of sp³-hybridized carbons (Fsp3) is 0.130. The van der Waals surface area contributed by atoms with Crippen molar-refractivity contribution < 1.29 is 0 Å². The summed E-state index contributed by atoms with van der Waals surface area (Å²) in [5, 5.41) is 1.91. The summed E-state index contributed by atoms with van der Waals surface area (Å²) in [6.45, 7) is 6.34. The van der Waals surface area contributed by atoms with Crippen molar-refractivity contribution in [2.75, 3.05) is 0 Å². The van der Waals surface area contributed by atoms with Gasteiger partial charge >= 0.3 is 0 Å². The van der Waals surface area contributed by atoms with Crippen LogP contribution in [0.4, 0.5) is 0 Å². The molecule has 128 valence electrons. The van der Waals surface area contributed by atoms with Gasteiger partial charge in [0, 0.05) is 34.1 Å². The summed E-state index contributed by atoms with van der Waals surface area (Å²) in [5.41, 5.74) is 9.00. The third kappa shape index (κ3) is 2.77. The number of benzene rings is 2. The van der Waals surface area contributed by atoms with Crippen LogP contribution in [-0.2, 0) is 0 Å². The lowest BCUT2D eigenvalue weighted by atomic mass is 9.89. The second-order valence-electron chi connectivity index (χ2n) is 6.61. The number of fused-ring (bicyclic) bond motifs is 1. The highest BCUT2D eigenvalue weighted by molar-refractivity contribution is 6.33. The normalized spacial score (nSPS) is 11.1. The van der Waals surface area contributed by atoms with E-state index < -0.39 is 0 Å². The maximum atomic E-state index is 6.52. The summed E-state index contributed by atoms with van der Waals surface area (Å²) in [6.07, 6.45) is 3.67. The van der Waals surface area contributed by atoms with Gasteiger partial charge < -0.3 is 0 Å². The lowest BCUT2D eigenvalue weighted by Gasteiger charge is -2.17. The van der Waals surface area contributed by atoms with Crippen LogP contribution in [-0.4, -0.2) is 9.97 Å². The van der Waals surface area contributed by atoms with E-state index >= 15 is 0 Å². The van der Waals surface area contributed by atoms with Crippen molar-refractivity contribution in [2.24, 2.45) is 0 Å². The van der Waals surface area contributed by atoms with Gasteiger partial charge in [-0.3, -0.25) is 9.97 Å². The Labute approximate surface area is 158 Å². The Morgan fingerprint density at radius 3 is 2.31 bits per heavy atom. The fourth-order valence-electron chi connectivity index (χ4n) is 3.75. The molecule has 2 heterocycles. The number of rotatable bonds is 2. The third-order valence-corrected chi connectivity index (χ3v) is 5.14. The Bertz CT molecular complexity index is 1120. The zero-order chi connectivity index (χ0) is 18.3. The minimum atomic E-state index is 0.754. The molecule has 0 amide bonds. The lowest BCUT2D eigenvalue weighted by Crippen LogP contribution is -1.96. The second kappa shape index (κ2) is 6.54. The predicted octanol–water partition coefficient (Wildman–Crippen LogP) is 6.54. The molecule has 0 aliphatic rings. The number of aromatic nitrogens is 2. The van der Waals surface area contributed by atoms with Gasteiger partial charge in [0.05, 0.1) is 5.52 Å². The van der Waals surface area contributed by atoms with Crippen molar-refractivity contribution in [3.8, 4) is 22.3 Å². The first-order chi connectivity index (χ1) is 12.6. The predicted molar refractivity (Wildman–Crippen MR) is 110 cm³/mol. The molecular formula is C23H19ClN2. The maximum absolute atomic E-state index is 6.52. The topological polar surface area (TPSA) is 25.8 Å². The van der Waals surface area contributed by atoms with E-state index in [1.165, 1.54) is 22.3 Å². The molecule has 3 heteroatoms. The molecule has 2 nitrogen and oxygen atoms in total. The van der Waals surface area contributed by atoms with Crippen LogP contribution in [0.2, 0.25) is 5.02 Å². The molecule has 0 atom stereocenters.